The van der Waals surface area contributed by atoms with Crippen molar-refractivity contribution in [2.24, 2.45) is 5.73 Å². The van der Waals surface area contributed by atoms with Crippen molar-refractivity contribution in [1.82, 2.24) is 4.90 Å². The van der Waals surface area contributed by atoms with Gasteiger partial charge in [-0.1, -0.05) is 26.2 Å². The zero-order chi connectivity index (χ0) is 12.9. The summed E-state index contributed by atoms with van der Waals surface area (Å²) < 4.78 is 0. The molecule has 1 fully saturated rings. The molecule has 1 aliphatic rings. The molecule has 0 saturated heterocycles. The number of likely N-dealkylation sites (N-methyl/N-ethyl adjacent to an activating group) is 1. The van der Waals surface area contributed by atoms with Gasteiger partial charge in [0.15, 0.2) is 0 Å². The van der Waals surface area contributed by atoms with E-state index in [4.69, 9.17) is 5.73 Å². The third-order valence-corrected chi connectivity index (χ3v) is 3.59. The minimum atomic E-state index is -0.654. The number of carbonyl (C=O) groups excluding carboxylic acids is 1. The highest BCUT2D eigenvalue weighted by Crippen LogP contribution is 2.30. The Morgan fingerprint density at radius 2 is 2.06 bits per heavy atom. The molecule has 0 spiro atoms. The Hall–Kier alpha value is -0.610. The van der Waals surface area contributed by atoms with E-state index in [-0.39, 0.29) is 11.9 Å². The monoisotopic (exact) mass is 242 g/mol. The SMILES string of the molecule is CCCC(N)CC(=O)N(C)CC1(O)CCCC1. The van der Waals surface area contributed by atoms with Crippen LogP contribution in [0.2, 0.25) is 0 Å². The Morgan fingerprint density at radius 3 is 2.59 bits per heavy atom. The lowest BCUT2D eigenvalue weighted by Gasteiger charge is -2.29. The van der Waals surface area contributed by atoms with Crippen LogP contribution >= 0.6 is 0 Å². The van der Waals surface area contributed by atoms with Crippen molar-refractivity contribution in [1.29, 1.82) is 0 Å². The molecule has 1 aliphatic carbocycles. The van der Waals surface area contributed by atoms with Gasteiger partial charge in [-0.3, -0.25) is 4.79 Å². The lowest BCUT2D eigenvalue weighted by molar-refractivity contribution is -0.133. The standard InChI is InChI=1S/C13H26N2O2/c1-3-6-11(14)9-12(16)15(2)10-13(17)7-4-5-8-13/h11,17H,3-10,14H2,1-2H3. The minimum absolute atomic E-state index is 0.0475. The lowest BCUT2D eigenvalue weighted by atomic mass is 10.0. The number of hydrogen-bond donors (Lipinski definition) is 2. The van der Waals surface area contributed by atoms with Gasteiger partial charge in [0.1, 0.15) is 0 Å². The lowest BCUT2D eigenvalue weighted by Crippen LogP contribution is -2.43. The van der Waals surface area contributed by atoms with Gasteiger partial charge in [-0.2, -0.15) is 0 Å². The van der Waals surface area contributed by atoms with Gasteiger partial charge in [0.25, 0.3) is 0 Å². The molecule has 0 radical (unpaired) electrons. The second kappa shape index (κ2) is 6.36. The molecule has 0 aromatic heterocycles. The van der Waals surface area contributed by atoms with Crippen LogP contribution in [-0.2, 0) is 4.79 Å². The van der Waals surface area contributed by atoms with Crippen molar-refractivity contribution in [3.63, 3.8) is 0 Å². The topological polar surface area (TPSA) is 66.6 Å². The molecule has 0 bridgehead atoms. The summed E-state index contributed by atoms with van der Waals surface area (Å²) in [5.74, 6) is 0.0475. The van der Waals surface area contributed by atoms with Crippen LogP contribution in [0.25, 0.3) is 0 Å². The molecule has 1 amide bonds. The van der Waals surface area contributed by atoms with Crippen molar-refractivity contribution in [2.45, 2.75) is 63.5 Å². The third-order valence-electron chi connectivity index (χ3n) is 3.59. The van der Waals surface area contributed by atoms with Crippen molar-refractivity contribution >= 4 is 5.91 Å². The van der Waals surface area contributed by atoms with E-state index < -0.39 is 5.60 Å². The highest BCUT2D eigenvalue weighted by Gasteiger charge is 2.33. The molecule has 0 heterocycles. The van der Waals surface area contributed by atoms with Gasteiger partial charge >= 0.3 is 0 Å². The first-order valence-electron chi connectivity index (χ1n) is 6.69. The molecule has 1 atom stereocenters. The predicted molar refractivity (Wildman–Crippen MR) is 68.6 cm³/mol. The maximum Gasteiger partial charge on any atom is 0.223 e. The predicted octanol–water partition coefficient (Wildman–Crippen LogP) is 1.27. The minimum Gasteiger partial charge on any atom is -0.388 e. The molecule has 0 aromatic rings. The normalized spacial score (nSPS) is 20.2. The summed E-state index contributed by atoms with van der Waals surface area (Å²) in [6, 6.07) is -0.0480. The van der Waals surface area contributed by atoms with E-state index in [9.17, 15) is 9.90 Å². The Morgan fingerprint density at radius 1 is 1.47 bits per heavy atom. The van der Waals surface area contributed by atoms with Gasteiger partial charge < -0.3 is 15.7 Å². The maximum absolute atomic E-state index is 11.9. The molecule has 1 saturated carbocycles. The average Bonchev–Trinajstić information content (AvgIpc) is 2.65. The Bertz CT molecular complexity index is 250. The van der Waals surface area contributed by atoms with Crippen LogP contribution in [-0.4, -0.2) is 41.1 Å². The Balaban J connectivity index is 2.36. The van der Waals surface area contributed by atoms with Gasteiger partial charge in [-0.05, 0) is 19.3 Å². The molecular formula is C13H26N2O2. The van der Waals surface area contributed by atoms with Crippen LogP contribution in [0.3, 0.4) is 0 Å². The van der Waals surface area contributed by atoms with Crippen molar-refractivity contribution < 1.29 is 9.90 Å². The number of amides is 1. The number of nitrogens with two attached hydrogens (primary N) is 1. The van der Waals surface area contributed by atoms with Crippen LogP contribution in [0.5, 0.6) is 0 Å². The summed E-state index contributed by atoms with van der Waals surface area (Å²) in [5.41, 5.74) is 5.20. The fourth-order valence-corrected chi connectivity index (χ4v) is 2.57. The molecule has 1 unspecified atom stereocenters. The summed E-state index contributed by atoms with van der Waals surface area (Å²) in [4.78, 5) is 13.5. The number of rotatable bonds is 6. The summed E-state index contributed by atoms with van der Waals surface area (Å²) >= 11 is 0. The van der Waals surface area contributed by atoms with Gasteiger partial charge in [-0.25, -0.2) is 0 Å². The van der Waals surface area contributed by atoms with Gasteiger partial charge in [0.2, 0.25) is 5.91 Å². The quantitative estimate of drug-likeness (QED) is 0.737. The number of nitrogens with zero attached hydrogens (tertiary/aromatic N) is 1. The molecular weight excluding hydrogens is 216 g/mol. The summed E-state index contributed by atoms with van der Waals surface area (Å²) in [6.45, 7) is 2.51. The zero-order valence-corrected chi connectivity index (χ0v) is 11.1. The van der Waals surface area contributed by atoms with Crippen molar-refractivity contribution in [2.75, 3.05) is 13.6 Å². The first kappa shape index (κ1) is 14.5. The summed E-state index contributed by atoms with van der Waals surface area (Å²) in [7, 11) is 1.76. The molecule has 1 rings (SSSR count). The Kier molecular flexibility index (Phi) is 5.40. The van der Waals surface area contributed by atoms with Crippen LogP contribution in [0.4, 0.5) is 0 Å². The highest BCUT2D eigenvalue weighted by atomic mass is 16.3. The number of aliphatic hydroxyl groups is 1. The van der Waals surface area contributed by atoms with Crippen LogP contribution in [0, 0.1) is 0 Å². The van der Waals surface area contributed by atoms with E-state index in [0.29, 0.717) is 13.0 Å². The molecule has 4 nitrogen and oxygen atoms in total. The second-order valence-electron chi connectivity index (χ2n) is 5.43. The molecule has 3 N–H and O–H groups in total. The first-order chi connectivity index (χ1) is 7.97. The third kappa shape index (κ3) is 4.64. The molecule has 0 aliphatic heterocycles. The van der Waals surface area contributed by atoms with Crippen LogP contribution < -0.4 is 5.73 Å². The fraction of sp³-hybridized carbons (Fsp3) is 0.923. The second-order valence-corrected chi connectivity index (χ2v) is 5.43. The smallest absolute Gasteiger partial charge is 0.223 e. The van der Waals surface area contributed by atoms with E-state index in [1.54, 1.807) is 11.9 Å². The first-order valence-corrected chi connectivity index (χ1v) is 6.69. The molecule has 0 aromatic carbocycles. The fourth-order valence-electron chi connectivity index (χ4n) is 2.57. The van der Waals surface area contributed by atoms with Gasteiger partial charge in [-0.15, -0.1) is 0 Å². The molecule has 17 heavy (non-hydrogen) atoms. The van der Waals surface area contributed by atoms with Crippen LogP contribution in [0.1, 0.15) is 51.9 Å². The summed E-state index contributed by atoms with van der Waals surface area (Å²) in [5, 5.41) is 10.2. The van der Waals surface area contributed by atoms with E-state index in [0.717, 1.165) is 38.5 Å². The van der Waals surface area contributed by atoms with Gasteiger partial charge in [0.05, 0.1) is 5.60 Å². The average molecular weight is 242 g/mol. The molecule has 4 heteroatoms. The van der Waals surface area contributed by atoms with Crippen molar-refractivity contribution in [3.8, 4) is 0 Å². The molecule has 100 valence electrons. The summed E-state index contributed by atoms with van der Waals surface area (Å²) in [6.07, 6.45) is 6.02. The van der Waals surface area contributed by atoms with Gasteiger partial charge in [0, 0.05) is 26.1 Å². The maximum atomic E-state index is 11.9. The van der Waals surface area contributed by atoms with Crippen LogP contribution in [0.15, 0.2) is 0 Å². The zero-order valence-electron chi connectivity index (χ0n) is 11.1. The highest BCUT2D eigenvalue weighted by molar-refractivity contribution is 5.76. The number of hydrogen-bond acceptors (Lipinski definition) is 3. The Labute approximate surface area is 104 Å². The van der Waals surface area contributed by atoms with E-state index >= 15 is 0 Å². The van der Waals surface area contributed by atoms with Crippen molar-refractivity contribution in [3.05, 3.63) is 0 Å². The van der Waals surface area contributed by atoms with E-state index in [1.807, 2.05) is 0 Å². The largest absolute Gasteiger partial charge is 0.388 e. The van der Waals surface area contributed by atoms with E-state index in [1.165, 1.54) is 0 Å². The number of carbonyl (C=O) groups is 1. The van der Waals surface area contributed by atoms with E-state index in [2.05, 4.69) is 6.92 Å².